The lowest BCUT2D eigenvalue weighted by Crippen LogP contribution is -2.39. The minimum absolute atomic E-state index is 0.192. The van der Waals surface area contributed by atoms with Crippen LogP contribution >= 0.6 is 23.5 Å². The van der Waals surface area contributed by atoms with Gasteiger partial charge >= 0.3 is 0 Å². The van der Waals surface area contributed by atoms with Crippen molar-refractivity contribution >= 4 is 39.2 Å². The predicted molar refractivity (Wildman–Crippen MR) is 84.3 cm³/mol. The standard InChI is InChI=1S/C12H18N2O2S3/c13-11-2-1-3-12(10-11)18-8-9-19(15,16)14-4-6-17-7-5-14/h1-3,10H,4-9,13H2. The number of nitrogen functional groups attached to an aromatic ring is 1. The van der Waals surface area contributed by atoms with Crippen LogP contribution in [0.5, 0.6) is 0 Å². The monoisotopic (exact) mass is 318 g/mol. The van der Waals surface area contributed by atoms with Crippen LogP contribution in [0.2, 0.25) is 0 Å². The Morgan fingerprint density at radius 3 is 2.74 bits per heavy atom. The molecule has 7 heteroatoms. The molecule has 1 aliphatic rings. The van der Waals surface area contributed by atoms with Gasteiger partial charge in [0.1, 0.15) is 0 Å². The Bertz CT molecular complexity index is 513. The Kier molecular flexibility index (Phi) is 5.44. The molecule has 1 aliphatic heterocycles. The van der Waals surface area contributed by atoms with E-state index >= 15 is 0 Å². The highest BCUT2D eigenvalue weighted by atomic mass is 32.2. The van der Waals surface area contributed by atoms with Gasteiger partial charge < -0.3 is 5.73 Å². The topological polar surface area (TPSA) is 63.4 Å². The van der Waals surface area contributed by atoms with Crippen LogP contribution in [0.1, 0.15) is 0 Å². The van der Waals surface area contributed by atoms with E-state index in [0.717, 1.165) is 16.4 Å². The Morgan fingerprint density at radius 2 is 2.05 bits per heavy atom. The van der Waals surface area contributed by atoms with Crippen LogP contribution in [0.25, 0.3) is 0 Å². The molecule has 1 aromatic rings. The van der Waals surface area contributed by atoms with E-state index in [9.17, 15) is 8.42 Å². The minimum Gasteiger partial charge on any atom is -0.399 e. The molecule has 0 atom stereocenters. The maximum Gasteiger partial charge on any atom is 0.214 e. The lowest BCUT2D eigenvalue weighted by atomic mass is 10.3. The number of sulfonamides is 1. The summed E-state index contributed by atoms with van der Waals surface area (Å²) in [5.74, 6) is 2.57. The zero-order valence-electron chi connectivity index (χ0n) is 10.6. The molecule has 19 heavy (non-hydrogen) atoms. The molecule has 2 rings (SSSR count). The molecule has 2 N–H and O–H groups in total. The van der Waals surface area contributed by atoms with E-state index in [-0.39, 0.29) is 5.75 Å². The smallest absolute Gasteiger partial charge is 0.214 e. The summed E-state index contributed by atoms with van der Waals surface area (Å²) >= 11 is 3.35. The first-order valence-corrected chi connectivity index (χ1v) is 9.87. The Morgan fingerprint density at radius 1 is 1.32 bits per heavy atom. The largest absolute Gasteiger partial charge is 0.399 e. The molecule has 0 unspecified atom stereocenters. The van der Waals surface area contributed by atoms with E-state index in [4.69, 9.17) is 5.73 Å². The van der Waals surface area contributed by atoms with Gasteiger partial charge in [0.2, 0.25) is 10.0 Å². The third kappa shape index (κ3) is 4.59. The fraction of sp³-hybridized carbons (Fsp3) is 0.500. The predicted octanol–water partition coefficient (Wildman–Crippen LogP) is 1.74. The van der Waals surface area contributed by atoms with E-state index in [1.165, 1.54) is 11.8 Å². The van der Waals surface area contributed by atoms with Crippen molar-refractivity contribution in [3.63, 3.8) is 0 Å². The Balaban J connectivity index is 1.84. The summed E-state index contributed by atoms with van der Waals surface area (Å²) in [6, 6.07) is 7.53. The second kappa shape index (κ2) is 6.88. The zero-order chi connectivity index (χ0) is 13.7. The van der Waals surface area contributed by atoms with Crippen molar-refractivity contribution in [1.29, 1.82) is 0 Å². The molecule has 1 aromatic carbocycles. The third-order valence-corrected chi connectivity index (χ3v) is 6.90. The molecule has 0 radical (unpaired) electrons. The fourth-order valence-corrected chi connectivity index (χ4v) is 5.76. The number of benzene rings is 1. The average Bonchev–Trinajstić information content (AvgIpc) is 2.40. The van der Waals surface area contributed by atoms with Crippen molar-refractivity contribution in [2.45, 2.75) is 4.90 Å². The highest BCUT2D eigenvalue weighted by Gasteiger charge is 2.23. The lowest BCUT2D eigenvalue weighted by molar-refractivity contribution is 0.445. The molecule has 0 aliphatic carbocycles. The second-order valence-corrected chi connectivity index (χ2v) is 8.73. The van der Waals surface area contributed by atoms with Crippen molar-refractivity contribution in [2.24, 2.45) is 0 Å². The first kappa shape index (κ1) is 15.0. The van der Waals surface area contributed by atoms with Crippen molar-refractivity contribution in [1.82, 2.24) is 4.31 Å². The molecule has 4 nitrogen and oxygen atoms in total. The van der Waals surface area contributed by atoms with Gasteiger partial charge in [-0.3, -0.25) is 0 Å². The maximum absolute atomic E-state index is 12.1. The van der Waals surface area contributed by atoms with E-state index in [0.29, 0.717) is 24.5 Å². The minimum atomic E-state index is -3.10. The van der Waals surface area contributed by atoms with Gasteiger partial charge in [-0.1, -0.05) is 6.07 Å². The molecule has 106 valence electrons. The van der Waals surface area contributed by atoms with Gasteiger partial charge in [-0.25, -0.2) is 12.7 Å². The SMILES string of the molecule is Nc1cccc(SCCS(=O)(=O)N2CCSCC2)c1. The lowest BCUT2D eigenvalue weighted by Gasteiger charge is -2.25. The molecule has 0 spiro atoms. The van der Waals surface area contributed by atoms with Crippen LogP contribution in [0.3, 0.4) is 0 Å². The summed E-state index contributed by atoms with van der Waals surface area (Å²) in [4.78, 5) is 1.02. The van der Waals surface area contributed by atoms with Crippen molar-refractivity contribution < 1.29 is 8.42 Å². The van der Waals surface area contributed by atoms with Gasteiger partial charge in [-0.05, 0) is 18.2 Å². The van der Waals surface area contributed by atoms with Gasteiger partial charge in [0.15, 0.2) is 0 Å². The van der Waals surface area contributed by atoms with Gasteiger partial charge in [0.05, 0.1) is 5.75 Å². The van der Waals surface area contributed by atoms with E-state index in [1.54, 1.807) is 4.31 Å². The number of hydrogen-bond donors (Lipinski definition) is 1. The average molecular weight is 318 g/mol. The van der Waals surface area contributed by atoms with Crippen LogP contribution in [-0.4, -0.2) is 48.8 Å². The normalized spacial score (nSPS) is 17.5. The first-order valence-electron chi connectivity index (χ1n) is 6.12. The number of nitrogens with zero attached hydrogens (tertiary/aromatic N) is 1. The molecular weight excluding hydrogens is 300 g/mol. The summed E-state index contributed by atoms with van der Waals surface area (Å²) < 4.78 is 25.9. The summed E-state index contributed by atoms with van der Waals surface area (Å²) in [7, 11) is -3.10. The molecule has 1 fully saturated rings. The van der Waals surface area contributed by atoms with Crippen LogP contribution in [-0.2, 0) is 10.0 Å². The maximum atomic E-state index is 12.1. The molecule has 0 aromatic heterocycles. The molecule has 0 saturated carbocycles. The number of nitrogens with two attached hydrogens (primary N) is 1. The number of hydrogen-bond acceptors (Lipinski definition) is 5. The van der Waals surface area contributed by atoms with E-state index in [1.807, 2.05) is 36.0 Å². The van der Waals surface area contributed by atoms with E-state index < -0.39 is 10.0 Å². The van der Waals surface area contributed by atoms with Gasteiger partial charge in [-0.15, -0.1) is 11.8 Å². The van der Waals surface area contributed by atoms with Crippen molar-refractivity contribution in [3.05, 3.63) is 24.3 Å². The summed E-state index contributed by atoms with van der Waals surface area (Å²) in [5, 5.41) is 0. The Labute approximate surface area is 123 Å². The summed E-state index contributed by atoms with van der Waals surface area (Å²) in [5.41, 5.74) is 6.40. The quantitative estimate of drug-likeness (QED) is 0.662. The zero-order valence-corrected chi connectivity index (χ0v) is 13.1. The first-order chi connectivity index (χ1) is 9.08. The van der Waals surface area contributed by atoms with Crippen molar-refractivity contribution in [3.8, 4) is 0 Å². The Hall–Kier alpha value is -0.370. The number of thioether (sulfide) groups is 2. The molecule has 1 heterocycles. The molecule has 1 saturated heterocycles. The molecular formula is C12H18N2O2S3. The summed E-state index contributed by atoms with van der Waals surface area (Å²) in [6.45, 7) is 1.30. The molecule has 0 bridgehead atoms. The third-order valence-electron chi connectivity index (χ3n) is 2.83. The van der Waals surface area contributed by atoms with Crippen LogP contribution in [0.4, 0.5) is 5.69 Å². The highest BCUT2D eigenvalue weighted by molar-refractivity contribution is 8.00. The van der Waals surface area contributed by atoms with Gasteiger partial charge in [0, 0.05) is 40.9 Å². The van der Waals surface area contributed by atoms with Gasteiger partial charge in [0.25, 0.3) is 0 Å². The van der Waals surface area contributed by atoms with Crippen LogP contribution < -0.4 is 5.73 Å². The van der Waals surface area contributed by atoms with Crippen LogP contribution in [0.15, 0.2) is 29.2 Å². The second-order valence-electron chi connectivity index (χ2n) is 4.25. The van der Waals surface area contributed by atoms with Crippen molar-refractivity contribution in [2.75, 3.05) is 41.8 Å². The van der Waals surface area contributed by atoms with Gasteiger partial charge in [-0.2, -0.15) is 11.8 Å². The van der Waals surface area contributed by atoms with E-state index in [2.05, 4.69) is 0 Å². The highest BCUT2D eigenvalue weighted by Crippen LogP contribution is 2.21. The number of anilines is 1. The van der Waals surface area contributed by atoms with Crippen LogP contribution in [0, 0.1) is 0 Å². The fourth-order valence-electron chi connectivity index (χ4n) is 1.82. The summed E-state index contributed by atoms with van der Waals surface area (Å²) in [6.07, 6.45) is 0. The molecule has 0 amide bonds. The number of rotatable bonds is 5.